The number of aromatic nitrogens is 4. The third-order valence-corrected chi connectivity index (χ3v) is 8.47. The Hall–Kier alpha value is -2.08. The molecule has 0 bridgehead atoms. The summed E-state index contributed by atoms with van der Waals surface area (Å²) in [6.45, 7) is 11.7. The first-order valence-electron chi connectivity index (χ1n) is 14.0. The molecule has 2 aromatic rings. The molecule has 3 aliphatic rings. The lowest BCUT2D eigenvalue weighted by Gasteiger charge is -2.46. The van der Waals surface area contributed by atoms with E-state index in [1.807, 2.05) is 34.4 Å². The number of imidazole rings is 1. The molecule has 38 heavy (non-hydrogen) atoms. The maximum atomic E-state index is 11.9. The number of rotatable bonds is 12. The molecular weight excluding hydrogens is 483 g/mol. The number of ether oxygens (including phenoxy) is 3. The highest BCUT2D eigenvalue weighted by Gasteiger charge is 2.55. The summed E-state index contributed by atoms with van der Waals surface area (Å²) < 4.78 is 20.2. The van der Waals surface area contributed by atoms with Crippen LogP contribution in [0.2, 0.25) is 6.82 Å². The van der Waals surface area contributed by atoms with Crippen molar-refractivity contribution in [2.45, 2.75) is 103 Å². The lowest BCUT2D eigenvalue weighted by atomic mass is 9.75. The Morgan fingerprint density at radius 2 is 2.00 bits per heavy atom. The summed E-state index contributed by atoms with van der Waals surface area (Å²) in [6, 6.07) is 1.07. The molecule has 0 unspecified atom stereocenters. The average Bonchev–Trinajstić information content (AvgIpc) is 3.49. The molecule has 3 heterocycles. The number of hydrogen-bond donors (Lipinski definition) is 1. The molecule has 0 spiro atoms. The number of fused-ring (bicyclic) bond motifs is 2. The summed E-state index contributed by atoms with van der Waals surface area (Å²) in [7, 11) is 3.43. The Morgan fingerprint density at radius 1 is 1.24 bits per heavy atom. The normalized spacial score (nSPS) is 30.1. The molecule has 1 saturated heterocycles. The second-order valence-electron chi connectivity index (χ2n) is 11.9. The number of anilines is 1. The predicted molar refractivity (Wildman–Crippen MR) is 146 cm³/mol. The molecule has 4 atom stereocenters. The van der Waals surface area contributed by atoms with Crippen molar-refractivity contribution in [3.05, 3.63) is 12.7 Å². The fourth-order valence-electron chi connectivity index (χ4n) is 6.70. The molecule has 207 valence electrons. The molecule has 2 aliphatic carbocycles. The molecule has 0 aromatic carbocycles. The van der Waals surface area contributed by atoms with Gasteiger partial charge in [0.05, 0.1) is 18.5 Å². The molecule has 0 amide bonds. The van der Waals surface area contributed by atoms with E-state index in [1.54, 1.807) is 13.4 Å². The maximum Gasteiger partial charge on any atom is 0.241 e. The number of hydrogen-bond acceptors (Lipinski definition) is 9. The monoisotopic (exact) mass is 525 g/mol. The van der Waals surface area contributed by atoms with Crippen LogP contribution >= 0.6 is 0 Å². The van der Waals surface area contributed by atoms with Gasteiger partial charge in [-0.25, -0.2) is 15.0 Å². The Bertz CT molecular complexity index is 1120. The van der Waals surface area contributed by atoms with Crippen LogP contribution in [-0.2, 0) is 19.0 Å². The standard InChI is InChI=1S/C27H42BN6O4/c1-16(2)33(19-9-17(10-19)7-8-20(35)13-36-6)12-18-11-21(24-23(18)37-27(3,4)38-24)34-15-31-22-25(32-28-5)29-14-30-26(22)34/h14-19,21,23-24H,7-13H2,1-6H3,(H,29,30,32)/t17?,18-,19?,21-,23-,24+/m1/s1. The van der Waals surface area contributed by atoms with Gasteiger partial charge in [0.25, 0.3) is 0 Å². The fraction of sp³-hybridized carbons (Fsp3) is 0.778. The Labute approximate surface area is 226 Å². The molecule has 2 aromatic heterocycles. The first-order valence-corrected chi connectivity index (χ1v) is 14.0. The second kappa shape index (κ2) is 11.2. The Kier molecular flexibility index (Phi) is 8.10. The molecule has 11 heteroatoms. The zero-order valence-electron chi connectivity index (χ0n) is 23.6. The van der Waals surface area contributed by atoms with Gasteiger partial charge in [-0.3, -0.25) is 9.69 Å². The SMILES string of the molecule is C[B]Nc1ncnc2c1ncn2[C@@H]1C[C@H](CN(C(C)C)C2CC(CCC(=O)COC)C2)[C@H]2OC(C)(C)O[C@H]21. The van der Waals surface area contributed by atoms with Crippen LogP contribution in [0, 0.1) is 11.8 Å². The summed E-state index contributed by atoms with van der Waals surface area (Å²) in [5, 5.41) is 3.17. The van der Waals surface area contributed by atoms with Crippen LogP contribution in [0.4, 0.5) is 5.82 Å². The number of carbonyl (C=O) groups is 1. The molecule has 1 aliphatic heterocycles. The summed E-state index contributed by atoms with van der Waals surface area (Å²) in [6.07, 6.45) is 8.24. The third kappa shape index (κ3) is 5.48. The highest BCUT2D eigenvalue weighted by atomic mass is 16.8. The van der Waals surface area contributed by atoms with E-state index in [0.717, 1.165) is 43.4 Å². The van der Waals surface area contributed by atoms with Gasteiger partial charge in [-0.15, -0.1) is 0 Å². The third-order valence-electron chi connectivity index (χ3n) is 8.47. The number of carbonyl (C=O) groups excluding carboxylic acids is 1. The van der Waals surface area contributed by atoms with Gasteiger partial charge in [0, 0.05) is 38.1 Å². The number of methoxy groups -OCH3 is 1. The van der Waals surface area contributed by atoms with Crippen molar-refractivity contribution < 1.29 is 19.0 Å². The second-order valence-corrected chi connectivity index (χ2v) is 11.9. The first-order chi connectivity index (χ1) is 18.2. The minimum Gasteiger partial charge on any atom is -0.415 e. The van der Waals surface area contributed by atoms with Crippen LogP contribution in [0.1, 0.15) is 65.8 Å². The average molecular weight is 525 g/mol. The Morgan fingerprint density at radius 3 is 2.71 bits per heavy atom. The van der Waals surface area contributed by atoms with Crippen LogP contribution in [0.5, 0.6) is 0 Å². The van der Waals surface area contributed by atoms with E-state index in [1.165, 1.54) is 0 Å². The number of nitrogens with one attached hydrogen (secondary N) is 1. The first kappa shape index (κ1) is 27.5. The number of nitrogens with zero attached hydrogens (tertiary/aromatic N) is 5. The largest absolute Gasteiger partial charge is 0.415 e. The van der Waals surface area contributed by atoms with Crippen molar-refractivity contribution in [3.63, 3.8) is 0 Å². The minimum atomic E-state index is -0.625. The molecule has 1 N–H and O–H groups in total. The van der Waals surface area contributed by atoms with Gasteiger partial charge < -0.3 is 24.0 Å². The minimum absolute atomic E-state index is 0.0136. The molecule has 2 saturated carbocycles. The van der Waals surface area contributed by atoms with Crippen molar-refractivity contribution in [1.29, 1.82) is 0 Å². The van der Waals surface area contributed by atoms with Gasteiger partial charge >= 0.3 is 0 Å². The van der Waals surface area contributed by atoms with Crippen molar-refractivity contribution in [3.8, 4) is 0 Å². The van der Waals surface area contributed by atoms with E-state index in [4.69, 9.17) is 14.2 Å². The molecule has 10 nitrogen and oxygen atoms in total. The zero-order chi connectivity index (χ0) is 27.0. The molecular formula is C27H42BN6O4. The number of Topliss-reactive ketones (excluding diaryl/α,β-unsaturated/α-hetero) is 1. The zero-order valence-corrected chi connectivity index (χ0v) is 23.6. The van der Waals surface area contributed by atoms with Gasteiger partial charge in [-0.1, -0.05) is 6.82 Å². The van der Waals surface area contributed by atoms with Crippen LogP contribution < -0.4 is 5.23 Å². The van der Waals surface area contributed by atoms with E-state index < -0.39 is 5.79 Å². The van der Waals surface area contributed by atoms with E-state index in [-0.39, 0.29) is 30.6 Å². The maximum absolute atomic E-state index is 11.9. The summed E-state index contributed by atoms with van der Waals surface area (Å²) in [5.41, 5.74) is 1.57. The van der Waals surface area contributed by atoms with Gasteiger partial charge in [0.1, 0.15) is 30.4 Å². The van der Waals surface area contributed by atoms with Crippen molar-refractivity contribution in [1.82, 2.24) is 24.4 Å². The van der Waals surface area contributed by atoms with E-state index in [0.29, 0.717) is 36.2 Å². The van der Waals surface area contributed by atoms with Crippen molar-refractivity contribution >= 4 is 30.2 Å². The van der Waals surface area contributed by atoms with E-state index >= 15 is 0 Å². The summed E-state index contributed by atoms with van der Waals surface area (Å²) in [5.74, 6) is 1.24. The van der Waals surface area contributed by atoms with Crippen LogP contribution in [-0.4, -0.2) is 88.0 Å². The summed E-state index contributed by atoms with van der Waals surface area (Å²) >= 11 is 0. The van der Waals surface area contributed by atoms with Gasteiger partial charge in [-0.05, 0) is 59.3 Å². The van der Waals surface area contributed by atoms with Gasteiger partial charge in [0.2, 0.25) is 7.41 Å². The van der Waals surface area contributed by atoms with Crippen LogP contribution in [0.3, 0.4) is 0 Å². The highest BCUT2D eigenvalue weighted by molar-refractivity contribution is 6.38. The van der Waals surface area contributed by atoms with Crippen molar-refractivity contribution in [2.75, 3.05) is 25.5 Å². The van der Waals surface area contributed by atoms with Gasteiger partial charge in [-0.2, -0.15) is 0 Å². The summed E-state index contributed by atoms with van der Waals surface area (Å²) in [4.78, 5) is 28.1. The smallest absolute Gasteiger partial charge is 0.241 e. The lowest BCUT2D eigenvalue weighted by Crippen LogP contribution is -2.51. The Balaban J connectivity index is 1.30. The lowest BCUT2D eigenvalue weighted by molar-refractivity contribution is -0.161. The van der Waals surface area contributed by atoms with Crippen LogP contribution in [0.15, 0.2) is 12.7 Å². The van der Waals surface area contributed by atoms with Crippen molar-refractivity contribution in [2.24, 2.45) is 11.8 Å². The van der Waals surface area contributed by atoms with E-state index in [2.05, 4.69) is 43.5 Å². The number of ketones is 1. The van der Waals surface area contributed by atoms with E-state index in [9.17, 15) is 4.79 Å². The predicted octanol–water partition coefficient (Wildman–Crippen LogP) is 3.47. The van der Waals surface area contributed by atoms with Crippen LogP contribution in [0.25, 0.3) is 11.2 Å². The van der Waals surface area contributed by atoms with Gasteiger partial charge in [0.15, 0.2) is 17.2 Å². The molecule has 5 rings (SSSR count). The molecule has 1 radical (unpaired) electrons. The molecule has 3 fully saturated rings. The topological polar surface area (TPSA) is 104 Å². The fourth-order valence-corrected chi connectivity index (χ4v) is 6.70. The highest BCUT2D eigenvalue weighted by Crippen LogP contribution is 2.48. The quantitative estimate of drug-likeness (QED) is 0.417.